The molecule has 0 aliphatic carbocycles. The van der Waals surface area contributed by atoms with Crippen LogP contribution in [0.2, 0.25) is 0 Å². The third-order valence-corrected chi connectivity index (χ3v) is 12.6. The van der Waals surface area contributed by atoms with E-state index in [-0.39, 0.29) is 24.6 Å². The van der Waals surface area contributed by atoms with Crippen molar-refractivity contribution in [3.63, 3.8) is 0 Å². The number of hydrogen-bond acceptors (Lipinski definition) is 11. The Morgan fingerprint density at radius 2 is 0.658 bits per heavy atom. The van der Waals surface area contributed by atoms with Gasteiger partial charge in [-0.25, -0.2) is 0 Å². The largest absolute Gasteiger partial charge is 0.255 e. The molecule has 79 heavy (non-hydrogen) atoms. The summed E-state index contributed by atoms with van der Waals surface area (Å²) in [5.74, 6) is 0. The van der Waals surface area contributed by atoms with Crippen molar-refractivity contribution >= 4 is 94.3 Å². The predicted octanol–water partition coefficient (Wildman–Crippen LogP) is 18.9. The van der Waals surface area contributed by atoms with E-state index in [4.69, 9.17) is 32.8 Å². The molecule has 13 aromatic rings. The van der Waals surface area contributed by atoms with Gasteiger partial charge < -0.3 is 24.6 Å². The predicted molar refractivity (Wildman–Crippen MR) is 328 cm³/mol. The molecule has 8 aromatic heterocycles. The zero-order valence-electron chi connectivity index (χ0n) is 43.9. The normalized spacial score (nSPS) is 10.6. The van der Waals surface area contributed by atoms with E-state index in [1.807, 2.05) is 85.5 Å². The summed E-state index contributed by atoms with van der Waals surface area (Å²) in [6.07, 6.45) is 14.8. The van der Waals surface area contributed by atoms with Crippen LogP contribution in [0.4, 0.5) is 0 Å². The Bertz CT molecular complexity index is 3950. The molecule has 0 aliphatic rings. The number of hydrogen-bond donors (Lipinski definition) is 2. The fourth-order valence-electron chi connectivity index (χ4n) is 8.66. The quantitative estimate of drug-likeness (QED) is 0.157. The second-order valence-corrected chi connectivity index (χ2v) is 32.5. The van der Waals surface area contributed by atoms with Gasteiger partial charge in [0.05, 0.1) is 44.5 Å². The molecule has 0 amide bonds. The summed E-state index contributed by atoms with van der Waals surface area (Å²) in [5, 5.41) is 6.95. The van der Waals surface area contributed by atoms with E-state index in [2.05, 4.69) is 177 Å². The van der Waals surface area contributed by atoms with Gasteiger partial charge in [-0.05, 0) is 121 Å². The molecule has 17 heteroatoms. The van der Waals surface area contributed by atoms with Gasteiger partial charge >= 0.3 is 44.5 Å². The van der Waals surface area contributed by atoms with E-state index < -0.39 is 11.7 Å². The van der Waals surface area contributed by atoms with E-state index in [1.54, 1.807) is 24.8 Å². The molecule has 402 valence electrons. The molecule has 13 rings (SSSR count). The van der Waals surface area contributed by atoms with Crippen molar-refractivity contribution in [3.8, 4) is 33.6 Å². The van der Waals surface area contributed by atoms with Crippen LogP contribution in [0.15, 0.2) is 219 Å². The second kappa shape index (κ2) is 28.5. The molecule has 5 aromatic carbocycles. The van der Waals surface area contributed by atoms with Crippen molar-refractivity contribution in [1.29, 1.82) is 3.88 Å². The van der Waals surface area contributed by atoms with Crippen LogP contribution in [0.3, 0.4) is 0 Å². The first-order chi connectivity index (χ1) is 36.4. The standard InChI is InChI=1S/C24H16N2.C16H16N2.C12H8N2.C10H8N2.3ClH.2H3N.2H2N.N.Os/c1-3-7-17(8-4-1)19-13-15-25-23-21(19)11-12-22-20(14-16-26-24(22)23)18-9-5-2-6-10-18;1-9-7-17-15-13(11(9)3)5-6-14-12(4)10(2)8-18-16(14)15;1-3-9-5-6-10-4-2-8-14-12(10)11(9)13-7-1;1-3-7-11-9(5-1)10-6-2-4-8-12-10;;;;;;;;;/h1-16H;5-8H,1-4H3;1-8H;1-8H;3*1H;2*1H3;2*1H2;;/q;;;;;;;;;2*-1;;+3/p-3. The van der Waals surface area contributed by atoms with Gasteiger partial charge in [-0.1, -0.05) is 121 Å². The molecular weight excluding hydrogens is 1220 g/mol. The maximum absolute atomic E-state index is 8.01. The topological polar surface area (TPSA) is 264 Å². The molecule has 13 nitrogen and oxygen atoms in total. The Kier molecular flexibility index (Phi) is 22.3. The van der Waals surface area contributed by atoms with Crippen molar-refractivity contribution in [1.82, 2.24) is 52.2 Å². The van der Waals surface area contributed by atoms with Crippen LogP contribution in [0.25, 0.3) is 111 Å². The Balaban J connectivity index is 0.000000192. The molecule has 0 unspecified atom stereocenters. The first kappa shape index (κ1) is 61.8. The Morgan fingerprint density at radius 1 is 0.329 bits per heavy atom. The molecule has 0 saturated carbocycles. The number of aryl methyl sites for hydroxylation is 4. The van der Waals surface area contributed by atoms with Gasteiger partial charge in [-0.2, -0.15) is 0 Å². The second-order valence-electron chi connectivity index (χ2n) is 17.3. The summed E-state index contributed by atoms with van der Waals surface area (Å²) >= 11 is -3.64. The van der Waals surface area contributed by atoms with Crippen LogP contribution < -0.4 is 12.3 Å². The summed E-state index contributed by atoms with van der Waals surface area (Å²) in [4.78, 5) is 35.6. The fraction of sp³-hybridized carbons (Fsp3) is 0.0645. The minimum Gasteiger partial charge on any atom is -0.255 e. The van der Waals surface area contributed by atoms with Gasteiger partial charge in [0.15, 0.2) is 0 Å². The molecule has 0 aliphatic heterocycles. The number of pyridine rings is 8. The SMILES string of the molecule is Cc1cnc2c(ccc3c(C)c(C)cnc32)c1C.N.N.[NH2-].[NH2-].[N]#[Os]([Cl])([Cl])[Cl].c1ccc(-c2ccccn2)nc1.c1ccc(-c2ccnc3c2ccc2c(-c4ccccc4)ccnc23)cc1.c1cnc2c(c1)ccc1cccnc12. The molecule has 0 spiro atoms. The Hall–Kier alpha value is -8.08. The van der Waals surface area contributed by atoms with Gasteiger partial charge in [0.2, 0.25) is 0 Å². The molecule has 0 saturated heterocycles. The zero-order chi connectivity index (χ0) is 52.3. The number of halogens is 3. The van der Waals surface area contributed by atoms with Crippen molar-refractivity contribution in [3.05, 3.63) is 254 Å². The van der Waals surface area contributed by atoms with Gasteiger partial charge in [-0.3, -0.25) is 39.9 Å². The summed E-state index contributed by atoms with van der Waals surface area (Å²) in [6.45, 7) is 8.48. The van der Waals surface area contributed by atoms with Crippen LogP contribution in [0.5, 0.6) is 0 Å². The Morgan fingerprint density at radius 3 is 1.03 bits per heavy atom. The Labute approximate surface area is 474 Å². The average Bonchev–Trinajstić information content (AvgIpc) is 3.45. The number of nitrogens with zero attached hydrogens (tertiary/aromatic N) is 9. The van der Waals surface area contributed by atoms with Crippen molar-refractivity contribution in [2.45, 2.75) is 27.7 Å². The fourth-order valence-corrected chi connectivity index (χ4v) is 8.66. The van der Waals surface area contributed by atoms with Crippen molar-refractivity contribution < 1.29 is 11.7 Å². The molecular formula is C62H58Cl3N13Os-2. The van der Waals surface area contributed by atoms with E-state index in [9.17, 15) is 0 Å². The van der Waals surface area contributed by atoms with Crippen LogP contribution in [0, 0.1) is 31.6 Å². The molecule has 0 atom stereocenters. The van der Waals surface area contributed by atoms with E-state index in [1.165, 1.54) is 55.3 Å². The number of nitrogens with two attached hydrogens (primary N) is 2. The number of rotatable bonds is 3. The van der Waals surface area contributed by atoms with Gasteiger partial charge in [-0.15, -0.1) is 0 Å². The molecule has 0 bridgehead atoms. The number of fused-ring (bicyclic) bond motifs is 9. The first-order valence-electron chi connectivity index (χ1n) is 23.8. The third kappa shape index (κ3) is 14.9. The summed E-state index contributed by atoms with van der Waals surface area (Å²) in [5.41, 5.74) is 17.5. The molecule has 10 N–H and O–H groups in total. The molecule has 8 heterocycles. The minimum atomic E-state index is -3.64. The smallest absolute Gasteiger partial charge is 0.0970 e. The van der Waals surface area contributed by atoms with Crippen LogP contribution in [0.1, 0.15) is 22.3 Å². The zero-order valence-corrected chi connectivity index (χ0v) is 48.7. The van der Waals surface area contributed by atoms with Gasteiger partial charge in [0, 0.05) is 81.9 Å². The third-order valence-electron chi connectivity index (χ3n) is 12.6. The van der Waals surface area contributed by atoms with Crippen LogP contribution in [-0.2, 0) is 11.7 Å². The van der Waals surface area contributed by atoms with E-state index >= 15 is 0 Å². The molecule has 0 fully saturated rings. The van der Waals surface area contributed by atoms with Crippen LogP contribution in [-0.4, -0.2) is 39.9 Å². The first-order valence-corrected chi connectivity index (χ1v) is 34.4. The number of benzene rings is 5. The van der Waals surface area contributed by atoms with E-state index in [0.29, 0.717) is 0 Å². The summed E-state index contributed by atoms with van der Waals surface area (Å²) in [7, 11) is 14.4. The molecule has 0 radical (unpaired) electrons. The average molecular weight is 1280 g/mol. The number of aromatic nitrogens is 8. The maximum atomic E-state index is 8.01. The van der Waals surface area contributed by atoms with E-state index in [0.717, 1.165) is 66.0 Å². The maximum Gasteiger partial charge on any atom is 0.0970 e. The monoisotopic (exact) mass is 1280 g/mol. The van der Waals surface area contributed by atoms with Crippen molar-refractivity contribution in [2.24, 2.45) is 0 Å². The van der Waals surface area contributed by atoms with Crippen LogP contribution >= 0.6 is 28.9 Å². The minimum absolute atomic E-state index is 0. The van der Waals surface area contributed by atoms with Gasteiger partial charge in [0.1, 0.15) is 0 Å². The summed E-state index contributed by atoms with van der Waals surface area (Å²) < 4.78 is 8.01. The van der Waals surface area contributed by atoms with Crippen molar-refractivity contribution in [2.75, 3.05) is 0 Å². The van der Waals surface area contributed by atoms with Gasteiger partial charge in [0.25, 0.3) is 0 Å². The summed E-state index contributed by atoms with van der Waals surface area (Å²) in [6, 6.07) is 57.4.